The lowest BCUT2D eigenvalue weighted by atomic mass is 10.2. The zero-order valence-corrected chi connectivity index (χ0v) is 20.8. The second-order valence-electron chi connectivity index (χ2n) is 7.99. The highest BCUT2D eigenvalue weighted by Gasteiger charge is 2.23. The summed E-state index contributed by atoms with van der Waals surface area (Å²) in [6.07, 6.45) is 1.92. The molecule has 14 heteroatoms. The predicted octanol–water partition coefficient (Wildman–Crippen LogP) is 2.88. The normalized spacial score (nSPS) is 12.8. The molecule has 0 aliphatic heterocycles. The topological polar surface area (TPSA) is 156 Å². The number of rotatable bonds is 7. The fourth-order valence-electron chi connectivity index (χ4n) is 2.56. The number of nitrogens with zero attached hydrogens (tertiary/aromatic N) is 4. The number of hydrogen-bond donors (Lipinski definition) is 3. The Morgan fingerprint density at radius 3 is 2.46 bits per heavy atom. The van der Waals surface area contributed by atoms with Crippen molar-refractivity contribution in [3.05, 3.63) is 46.0 Å². The second-order valence-corrected chi connectivity index (χ2v) is 8.39. The number of aliphatic carboxylic acids is 2. The molecule has 2 aromatic heterocycles. The van der Waals surface area contributed by atoms with Crippen LogP contribution in [-0.4, -0.2) is 61.2 Å². The van der Waals surface area contributed by atoms with Gasteiger partial charge in [0, 0.05) is 30.9 Å². The maximum Gasteiger partial charge on any atom is 0.414 e. The molecular formula is C23H24ClF2N5O6. The number of halogens is 3. The molecule has 2 aromatic rings. The van der Waals surface area contributed by atoms with Gasteiger partial charge in [0.25, 0.3) is 12.3 Å². The van der Waals surface area contributed by atoms with Crippen LogP contribution >= 0.6 is 11.6 Å². The van der Waals surface area contributed by atoms with Crippen molar-refractivity contribution in [1.82, 2.24) is 20.1 Å². The van der Waals surface area contributed by atoms with Gasteiger partial charge in [0.1, 0.15) is 23.2 Å². The summed E-state index contributed by atoms with van der Waals surface area (Å²) < 4.78 is 27.4. The minimum absolute atomic E-state index is 0.136. The van der Waals surface area contributed by atoms with Gasteiger partial charge in [0.05, 0.1) is 17.1 Å². The van der Waals surface area contributed by atoms with Crippen molar-refractivity contribution >= 4 is 35.2 Å². The van der Waals surface area contributed by atoms with Crippen LogP contribution in [0.25, 0.3) is 0 Å². The van der Waals surface area contributed by atoms with Crippen molar-refractivity contribution in [3.8, 4) is 11.8 Å². The molecule has 3 N–H and O–H groups in total. The first-order valence-electron chi connectivity index (χ1n) is 10.8. The van der Waals surface area contributed by atoms with Crippen LogP contribution in [0, 0.1) is 17.8 Å². The molecule has 1 aliphatic rings. The van der Waals surface area contributed by atoms with Crippen molar-refractivity contribution in [2.45, 2.75) is 39.2 Å². The van der Waals surface area contributed by atoms with E-state index in [2.05, 4.69) is 32.4 Å². The molecular weight excluding hydrogens is 516 g/mol. The van der Waals surface area contributed by atoms with E-state index in [-0.39, 0.29) is 28.9 Å². The Bertz CT molecular complexity index is 1240. The average Bonchev–Trinajstić information content (AvgIpc) is 3.57. The molecule has 1 aliphatic carbocycles. The van der Waals surface area contributed by atoms with Crippen molar-refractivity contribution in [2.75, 3.05) is 6.54 Å². The molecule has 37 heavy (non-hydrogen) atoms. The Morgan fingerprint density at radius 2 is 1.95 bits per heavy atom. The maximum absolute atomic E-state index is 13.1. The Balaban J connectivity index is 0.000000717. The summed E-state index contributed by atoms with van der Waals surface area (Å²) >= 11 is 6.38. The number of nitrogens with one attached hydrogen (secondary N) is 1. The Labute approximate surface area is 215 Å². The van der Waals surface area contributed by atoms with E-state index in [0.717, 1.165) is 17.5 Å². The van der Waals surface area contributed by atoms with Crippen molar-refractivity contribution in [2.24, 2.45) is 18.1 Å². The Morgan fingerprint density at radius 1 is 1.30 bits per heavy atom. The van der Waals surface area contributed by atoms with Gasteiger partial charge in [0.15, 0.2) is 0 Å². The zero-order valence-electron chi connectivity index (χ0n) is 20.0. The quantitative estimate of drug-likeness (QED) is 0.210. The number of amides is 1. The van der Waals surface area contributed by atoms with Crippen LogP contribution in [0.2, 0.25) is 5.02 Å². The lowest BCUT2D eigenvalue weighted by molar-refractivity contribution is -0.159. The average molecular weight is 540 g/mol. The number of oxime groups is 1. The number of alkyl halides is 2. The number of carboxylic acid groups (broad SMARTS) is 2. The summed E-state index contributed by atoms with van der Waals surface area (Å²) in [6, 6.07) is 1.67. The summed E-state index contributed by atoms with van der Waals surface area (Å²) in [6.45, 7) is 3.44. The van der Waals surface area contributed by atoms with E-state index in [4.69, 9.17) is 36.2 Å². The van der Waals surface area contributed by atoms with E-state index >= 15 is 0 Å². The van der Waals surface area contributed by atoms with Crippen LogP contribution in [0.4, 0.5) is 8.78 Å². The molecule has 0 spiro atoms. The molecule has 1 amide bonds. The van der Waals surface area contributed by atoms with Crippen LogP contribution in [0.1, 0.15) is 60.4 Å². The molecule has 0 bridgehead atoms. The molecule has 1 saturated carbocycles. The number of carbonyl (C=O) groups is 3. The Hall–Kier alpha value is -4.05. The molecule has 0 radical (unpaired) electrons. The van der Waals surface area contributed by atoms with Gasteiger partial charge >= 0.3 is 11.9 Å². The smallest absolute Gasteiger partial charge is 0.414 e. The monoisotopic (exact) mass is 539 g/mol. The van der Waals surface area contributed by atoms with Gasteiger partial charge in [-0.2, -0.15) is 5.10 Å². The van der Waals surface area contributed by atoms with Gasteiger partial charge in [-0.15, -0.1) is 0 Å². The molecule has 0 unspecified atom stereocenters. The lowest BCUT2D eigenvalue weighted by Crippen LogP contribution is -2.31. The molecule has 0 aromatic carbocycles. The van der Waals surface area contributed by atoms with Gasteiger partial charge in [-0.25, -0.2) is 18.4 Å². The second kappa shape index (κ2) is 13.3. The first-order chi connectivity index (χ1) is 17.4. The van der Waals surface area contributed by atoms with E-state index in [9.17, 15) is 13.6 Å². The summed E-state index contributed by atoms with van der Waals surface area (Å²) in [5.41, 5.74) is 0.417. The molecule has 2 heterocycles. The lowest BCUT2D eigenvalue weighted by Gasteiger charge is -2.11. The SMILES string of the molecule is CC(C)O/N=C(/CNC(=O)c1cn(C)nc1C(F)F)c1ncc(C#CC2CC2)cc1Cl.O=C(O)C(=O)O. The van der Waals surface area contributed by atoms with Gasteiger partial charge in [0.2, 0.25) is 0 Å². The fourth-order valence-corrected chi connectivity index (χ4v) is 2.84. The highest BCUT2D eigenvalue weighted by atomic mass is 35.5. The molecule has 3 rings (SSSR count). The molecule has 0 atom stereocenters. The number of aryl methyl sites for hydroxylation is 1. The van der Waals surface area contributed by atoms with Crippen molar-refractivity contribution < 1.29 is 38.2 Å². The maximum atomic E-state index is 13.1. The largest absolute Gasteiger partial charge is 0.473 e. The van der Waals surface area contributed by atoms with Crippen molar-refractivity contribution in [1.29, 1.82) is 0 Å². The summed E-state index contributed by atoms with van der Waals surface area (Å²) in [4.78, 5) is 40.3. The third-order valence-corrected chi connectivity index (χ3v) is 4.68. The molecule has 11 nitrogen and oxygen atoms in total. The van der Waals surface area contributed by atoms with E-state index in [1.807, 2.05) is 0 Å². The standard InChI is InChI=1S/C21H22ClF2N5O2.C2H2O4/c1-12(2)31-28-17(10-26-21(30)15-11-29(3)27-18(15)20(23)24)19-16(22)8-14(9-25-19)7-6-13-4-5-13;3-1(4)2(5)6/h8-9,11-13,20H,4-5,10H2,1-3H3,(H,26,30);(H,3,4)(H,5,6)/b28-17-;. The molecule has 1 fully saturated rings. The Kier molecular flexibility index (Phi) is 10.5. The first-order valence-corrected chi connectivity index (χ1v) is 11.2. The van der Waals surface area contributed by atoms with Crippen LogP contribution < -0.4 is 5.32 Å². The van der Waals surface area contributed by atoms with E-state index < -0.39 is 30.0 Å². The van der Waals surface area contributed by atoms with Crippen LogP contribution in [-0.2, 0) is 21.5 Å². The van der Waals surface area contributed by atoms with Gasteiger partial charge in [-0.1, -0.05) is 28.6 Å². The fraction of sp³-hybridized carbons (Fsp3) is 0.391. The number of carboxylic acids is 2. The summed E-state index contributed by atoms with van der Waals surface area (Å²) in [5.74, 6) is 2.24. The minimum atomic E-state index is -2.88. The molecule has 198 valence electrons. The summed E-state index contributed by atoms with van der Waals surface area (Å²) in [5, 5.41) is 25.3. The summed E-state index contributed by atoms with van der Waals surface area (Å²) in [7, 11) is 1.46. The highest BCUT2D eigenvalue weighted by Crippen LogP contribution is 2.27. The zero-order chi connectivity index (χ0) is 27.7. The minimum Gasteiger partial charge on any atom is -0.473 e. The van der Waals surface area contributed by atoms with Gasteiger partial charge < -0.3 is 20.4 Å². The number of carbonyl (C=O) groups excluding carboxylic acids is 1. The third kappa shape index (κ3) is 9.49. The van der Waals surface area contributed by atoms with Gasteiger partial charge in [-0.05, 0) is 32.8 Å². The van der Waals surface area contributed by atoms with Crippen LogP contribution in [0.15, 0.2) is 23.6 Å². The first kappa shape index (κ1) is 29.2. The number of pyridine rings is 1. The van der Waals surface area contributed by atoms with Crippen LogP contribution in [0.3, 0.4) is 0 Å². The van der Waals surface area contributed by atoms with Crippen molar-refractivity contribution in [3.63, 3.8) is 0 Å². The van der Waals surface area contributed by atoms with E-state index in [1.165, 1.54) is 13.2 Å². The number of aromatic nitrogens is 3. The highest BCUT2D eigenvalue weighted by molar-refractivity contribution is 6.34. The predicted molar refractivity (Wildman–Crippen MR) is 127 cm³/mol. The van der Waals surface area contributed by atoms with Crippen LogP contribution in [0.5, 0.6) is 0 Å². The van der Waals surface area contributed by atoms with E-state index in [0.29, 0.717) is 17.2 Å². The third-order valence-electron chi connectivity index (χ3n) is 4.39. The van der Waals surface area contributed by atoms with Gasteiger partial charge in [-0.3, -0.25) is 14.5 Å². The number of hydrogen-bond acceptors (Lipinski definition) is 7. The molecule has 0 saturated heterocycles. The van der Waals surface area contributed by atoms with E-state index in [1.54, 1.807) is 26.1 Å².